The summed E-state index contributed by atoms with van der Waals surface area (Å²) in [6, 6.07) is 25.4. The number of carbonyl (C=O) groups excluding carboxylic acids is 2. The highest BCUT2D eigenvalue weighted by Crippen LogP contribution is 2.45. The third-order valence-corrected chi connectivity index (χ3v) is 14.4. The van der Waals surface area contributed by atoms with Crippen LogP contribution in [-0.2, 0) is 25.5 Å². The van der Waals surface area contributed by atoms with Gasteiger partial charge in [0.25, 0.3) is 0 Å². The van der Waals surface area contributed by atoms with Crippen molar-refractivity contribution in [2.75, 3.05) is 7.11 Å². The van der Waals surface area contributed by atoms with E-state index in [9.17, 15) is 19.5 Å². The average molecular weight is 611 g/mol. The van der Waals surface area contributed by atoms with Crippen LogP contribution in [0, 0.1) is 5.92 Å². The van der Waals surface area contributed by atoms with Crippen molar-refractivity contribution in [2.24, 2.45) is 5.92 Å². The third-order valence-electron chi connectivity index (χ3n) is 9.05. The van der Waals surface area contributed by atoms with E-state index < -0.39 is 38.2 Å². The van der Waals surface area contributed by atoms with Gasteiger partial charge in [-0.1, -0.05) is 94.5 Å². The first-order valence-corrected chi connectivity index (χ1v) is 17.6. The lowest BCUT2D eigenvalue weighted by Gasteiger charge is -2.56. The van der Waals surface area contributed by atoms with Crippen LogP contribution in [0.2, 0.25) is 18.1 Å². The Morgan fingerprint density at radius 3 is 2.23 bits per heavy atom. The number of aromatic nitrogens is 1. The normalized spacial score (nSPS) is 17.6. The monoisotopic (exact) mass is 610 g/mol. The molecule has 8 nitrogen and oxygen atoms in total. The number of pyridine rings is 1. The smallest absolute Gasteiger partial charge is 0.351 e. The molecule has 1 aliphatic rings. The van der Waals surface area contributed by atoms with E-state index in [0.717, 1.165) is 22.0 Å². The average Bonchev–Trinajstić information content (AvgIpc) is 3.00. The number of hydrogen-bond acceptors (Lipinski definition) is 6. The number of nitrogens with zero attached hydrogens (tertiary/aromatic N) is 2. The van der Waals surface area contributed by atoms with Gasteiger partial charge in [0.2, 0.25) is 12.0 Å². The summed E-state index contributed by atoms with van der Waals surface area (Å²) in [5.74, 6) is -1.83. The zero-order valence-electron chi connectivity index (χ0n) is 25.9. The first-order chi connectivity index (χ1) is 20.8. The number of β-lactam (4-membered cyclic amide) rings is 1. The number of amides is 1. The predicted octanol–water partition coefficient (Wildman–Crippen LogP) is 6.65. The molecule has 9 heteroatoms. The minimum atomic E-state index is -2.35. The Labute approximate surface area is 258 Å². The molecule has 0 bridgehead atoms. The lowest BCUT2D eigenvalue weighted by Crippen LogP contribution is -2.75. The number of benzene rings is 3. The summed E-state index contributed by atoms with van der Waals surface area (Å²) in [6.07, 6.45) is -0.763. The summed E-state index contributed by atoms with van der Waals surface area (Å²) in [4.78, 5) is 43.5. The molecule has 44 heavy (non-hydrogen) atoms. The van der Waals surface area contributed by atoms with Crippen molar-refractivity contribution >= 4 is 37.0 Å². The number of hydrogen-bond donors (Lipinski definition) is 1. The molecule has 2 heterocycles. The van der Waals surface area contributed by atoms with Crippen LogP contribution in [0.15, 0.2) is 84.9 Å². The summed E-state index contributed by atoms with van der Waals surface area (Å²) in [5, 5.41) is 10.7. The highest BCUT2D eigenvalue weighted by Gasteiger charge is 2.59. The van der Waals surface area contributed by atoms with Gasteiger partial charge in [-0.25, -0.2) is 14.6 Å². The SMILES string of the molecule is COC(=O)C(Oc1ccc(C[C@H]2C(=O)N([Si](C)(C)C(C)(C)C)[C@@H]2C(=O)O)cc1)c1cc(-c2ccccc2)nc2ccccc12. The molecule has 3 atom stereocenters. The van der Waals surface area contributed by atoms with Crippen molar-refractivity contribution < 1.29 is 29.0 Å². The number of esters is 1. The van der Waals surface area contributed by atoms with Gasteiger partial charge in [-0.2, -0.15) is 0 Å². The molecule has 1 unspecified atom stereocenters. The van der Waals surface area contributed by atoms with Gasteiger partial charge in [0.15, 0.2) is 8.24 Å². The maximum Gasteiger partial charge on any atom is 0.351 e. The summed E-state index contributed by atoms with van der Waals surface area (Å²) >= 11 is 0. The van der Waals surface area contributed by atoms with Gasteiger partial charge >= 0.3 is 11.9 Å². The van der Waals surface area contributed by atoms with E-state index in [1.54, 1.807) is 16.7 Å². The van der Waals surface area contributed by atoms with Crippen LogP contribution in [0.5, 0.6) is 5.75 Å². The molecule has 1 saturated heterocycles. The van der Waals surface area contributed by atoms with Crippen molar-refractivity contribution in [2.45, 2.75) is 57.5 Å². The molecule has 0 aliphatic carbocycles. The number of carbonyl (C=O) groups is 3. The molecule has 4 aromatic rings. The van der Waals surface area contributed by atoms with Gasteiger partial charge in [0.1, 0.15) is 11.8 Å². The Morgan fingerprint density at radius 2 is 1.61 bits per heavy atom. The lowest BCUT2D eigenvalue weighted by atomic mass is 9.84. The number of fused-ring (bicyclic) bond motifs is 1. The number of carboxylic acid groups (broad SMARTS) is 1. The van der Waals surface area contributed by atoms with Crippen molar-refractivity contribution in [3.63, 3.8) is 0 Å². The van der Waals surface area contributed by atoms with E-state index in [1.165, 1.54) is 7.11 Å². The molecule has 1 amide bonds. The number of ether oxygens (including phenoxy) is 2. The molecule has 3 aromatic carbocycles. The molecular weight excluding hydrogens is 572 g/mol. The summed E-state index contributed by atoms with van der Waals surface area (Å²) in [6.45, 7) is 10.3. The molecule has 1 aromatic heterocycles. The standard InChI is InChI=1S/C35H38N2O6Si/c1-35(2,3)44(5,6)37-30(33(39)40)27(32(37)38)20-22-16-18-24(19-17-22)43-31(34(41)42-4)26-21-29(23-12-8-7-9-13-23)36-28-15-11-10-14-25(26)28/h7-19,21,27,30-31H,20H2,1-6H3,(H,39,40)/t27-,30+,31?/m1/s1. The molecule has 228 valence electrons. The van der Waals surface area contributed by atoms with Crippen LogP contribution in [0.1, 0.15) is 38.0 Å². The fraction of sp³-hybridized carbons (Fsp3) is 0.314. The lowest BCUT2D eigenvalue weighted by molar-refractivity contribution is -0.163. The second-order valence-electron chi connectivity index (χ2n) is 12.8. The van der Waals surface area contributed by atoms with Crippen molar-refractivity contribution in [3.8, 4) is 17.0 Å². The quantitative estimate of drug-likeness (QED) is 0.128. The zero-order valence-corrected chi connectivity index (χ0v) is 26.9. The number of carboxylic acids is 1. The molecule has 0 spiro atoms. The van der Waals surface area contributed by atoms with Crippen LogP contribution < -0.4 is 4.74 Å². The number of rotatable bonds is 9. The van der Waals surface area contributed by atoms with E-state index in [-0.39, 0.29) is 10.9 Å². The van der Waals surface area contributed by atoms with E-state index in [0.29, 0.717) is 23.4 Å². The second kappa shape index (κ2) is 11.9. The van der Waals surface area contributed by atoms with Crippen LogP contribution in [0.25, 0.3) is 22.2 Å². The number of aliphatic carboxylic acids is 1. The van der Waals surface area contributed by atoms with Crippen LogP contribution in [0.4, 0.5) is 0 Å². The number of methoxy groups -OCH3 is 1. The molecule has 0 radical (unpaired) electrons. The zero-order chi connectivity index (χ0) is 31.8. The Hall–Kier alpha value is -4.50. The summed E-state index contributed by atoms with van der Waals surface area (Å²) in [5.41, 5.74) is 3.77. The predicted molar refractivity (Wildman–Crippen MR) is 172 cm³/mol. The molecule has 5 rings (SSSR count). The van der Waals surface area contributed by atoms with Crippen LogP contribution >= 0.6 is 0 Å². The maximum absolute atomic E-state index is 13.3. The Bertz CT molecular complexity index is 1700. The second-order valence-corrected chi connectivity index (χ2v) is 17.9. The van der Waals surface area contributed by atoms with E-state index in [1.807, 2.05) is 72.8 Å². The topological polar surface area (TPSA) is 106 Å². The van der Waals surface area contributed by atoms with Crippen molar-refractivity contribution in [3.05, 3.63) is 96.1 Å². The Kier molecular flexibility index (Phi) is 8.35. The van der Waals surface area contributed by atoms with Crippen LogP contribution in [-0.4, -0.2) is 53.9 Å². The number of para-hydroxylation sites is 1. The van der Waals surface area contributed by atoms with Gasteiger partial charge in [-0.15, -0.1) is 0 Å². The van der Waals surface area contributed by atoms with Crippen LogP contribution in [0.3, 0.4) is 0 Å². The first-order valence-electron chi connectivity index (χ1n) is 14.7. The molecule has 1 aliphatic heterocycles. The highest BCUT2D eigenvalue weighted by atomic mass is 28.3. The first kappa shape index (κ1) is 30.9. The summed E-state index contributed by atoms with van der Waals surface area (Å²) in [7, 11) is -1.03. The third kappa shape index (κ3) is 5.71. The fourth-order valence-corrected chi connectivity index (χ4v) is 8.06. The van der Waals surface area contributed by atoms with Gasteiger partial charge < -0.3 is 19.1 Å². The van der Waals surface area contributed by atoms with Crippen molar-refractivity contribution in [1.29, 1.82) is 0 Å². The maximum atomic E-state index is 13.3. The minimum absolute atomic E-state index is 0.103. The highest BCUT2D eigenvalue weighted by molar-refractivity contribution is 6.80. The van der Waals surface area contributed by atoms with E-state index in [2.05, 4.69) is 33.9 Å². The largest absolute Gasteiger partial charge is 0.480 e. The van der Waals surface area contributed by atoms with Gasteiger partial charge in [0, 0.05) is 16.5 Å². The Morgan fingerprint density at radius 1 is 0.977 bits per heavy atom. The van der Waals surface area contributed by atoms with Gasteiger partial charge in [0.05, 0.1) is 24.2 Å². The van der Waals surface area contributed by atoms with E-state index in [4.69, 9.17) is 14.5 Å². The van der Waals surface area contributed by atoms with Gasteiger partial charge in [-0.05, 0) is 41.3 Å². The molecule has 1 N–H and O–H groups in total. The molecule has 1 fully saturated rings. The minimum Gasteiger partial charge on any atom is -0.480 e. The molecule has 0 saturated carbocycles. The van der Waals surface area contributed by atoms with Crippen molar-refractivity contribution in [1.82, 2.24) is 9.55 Å². The van der Waals surface area contributed by atoms with Gasteiger partial charge in [-0.3, -0.25) is 4.79 Å². The molecular formula is C35H38N2O6Si. The van der Waals surface area contributed by atoms with E-state index >= 15 is 0 Å². The fourth-order valence-electron chi connectivity index (χ4n) is 5.63. The summed E-state index contributed by atoms with van der Waals surface area (Å²) < 4.78 is 13.1. The Balaban J connectivity index is 1.41.